The van der Waals surface area contributed by atoms with Gasteiger partial charge >= 0.3 is 0 Å². The van der Waals surface area contributed by atoms with Gasteiger partial charge in [0.15, 0.2) is 0 Å². The fourth-order valence-electron chi connectivity index (χ4n) is 2.32. The van der Waals surface area contributed by atoms with Crippen molar-refractivity contribution in [3.8, 4) is 0 Å². The number of thiocarbonyl (C=S) groups is 1. The Morgan fingerprint density at radius 1 is 1.40 bits per heavy atom. The summed E-state index contributed by atoms with van der Waals surface area (Å²) < 4.78 is 0. The second-order valence-corrected chi connectivity index (χ2v) is 6.87. The molecule has 1 aromatic heterocycles. The molecule has 1 saturated carbocycles. The zero-order valence-electron chi connectivity index (χ0n) is 10.9. The van der Waals surface area contributed by atoms with Crippen LogP contribution in [0.2, 0.25) is 5.02 Å². The number of rotatable bonds is 5. The molecule has 2 nitrogen and oxygen atoms in total. The van der Waals surface area contributed by atoms with E-state index in [9.17, 15) is 0 Å². The number of benzene rings is 1. The van der Waals surface area contributed by atoms with Crippen LogP contribution in [-0.2, 0) is 6.54 Å². The third kappa shape index (κ3) is 2.97. The van der Waals surface area contributed by atoms with E-state index < -0.39 is 0 Å². The summed E-state index contributed by atoms with van der Waals surface area (Å²) in [6.45, 7) is 0.887. The molecular weight excluding hydrogens is 308 g/mol. The van der Waals surface area contributed by atoms with Gasteiger partial charge in [-0.1, -0.05) is 29.9 Å². The Bertz CT molecular complexity index is 621. The topological polar surface area (TPSA) is 29.3 Å². The van der Waals surface area contributed by atoms with Gasteiger partial charge in [-0.15, -0.1) is 11.3 Å². The monoisotopic (exact) mass is 322 g/mol. The molecule has 1 aliphatic carbocycles. The van der Waals surface area contributed by atoms with Crippen LogP contribution in [0.25, 0.3) is 0 Å². The van der Waals surface area contributed by atoms with Crippen LogP contribution in [0.5, 0.6) is 0 Å². The van der Waals surface area contributed by atoms with Gasteiger partial charge in [0, 0.05) is 27.2 Å². The molecule has 0 amide bonds. The highest BCUT2D eigenvalue weighted by atomic mass is 35.5. The zero-order chi connectivity index (χ0) is 14.1. The summed E-state index contributed by atoms with van der Waals surface area (Å²) in [4.78, 5) is 4.14. The molecule has 0 bridgehead atoms. The largest absolute Gasteiger partial charge is 0.389 e. The maximum atomic E-state index is 6.16. The molecule has 0 saturated heterocycles. The van der Waals surface area contributed by atoms with Gasteiger partial charge in [-0.3, -0.25) is 0 Å². The van der Waals surface area contributed by atoms with Gasteiger partial charge < -0.3 is 10.6 Å². The van der Waals surface area contributed by atoms with Gasteiger partial charge in [0.1, 0.15) is 4.99 Å². The van der Waals surface area contributed by atoms with Crippen molar-refractivity contribution in [1.29, 1.82) is 0 Å². The van der Waals surface area contributed by atoms with Crippen molar-refractivity contribution in [3.05, 3.63) is 51.2 Å². The summed E-state index contributed by atoms with van der Waals surface area (Å²) in [7, 11) is 0. The van der Waals surface area contributed by atoms with E-state index in [4.69, 9.17) is 29.6 Å². The Morgan fingerprint density at radius 3 is 2.80 bits per heavy atom. The second kappa shape index (κ2) is 5.72. The molecule has 5 heteroatoms. The van der Waals surface area contributed by atoms with Gasteiger partial charge in [0.2, 0.25) is 0 Å². The number of thiophene rings is 1. The standard InChI is InChI=1S/C15H15ClN2S2/c16-10-3-6-13(15(17)19)14(8-10)18(11-4-5-11)9-12-2-1-7-20-12/h1-3,6-8,11H,4-5,9H2,(H2,17,19). The van der Waals surface area contributed by atoms with Gasteiger partial charge in [0.05, 0.1) is 6.54 Å². The van der Waals surface area contributed by atoms with Crippen LogP contribution < -0.4 is 10.6 Å². The maximum absolute atomic E-state index is 6.16. The molecule has 1 aromatic carbocycles. The van der Waals surface area contributed by atoms with E-state index in [-0.39, 0.29) is 0 Å². The SMILES string of the molecule is NC(=S)c1ccc(Cl)cc1N(Cc1cccs1)C1CC1. The van der Waals surface area contributed by atoms with Crippen LogP contribution in [0.1, 0.15) is 23.3 Å². The number of nitrogens with zero attached hydrogens (tertiary/aromatic N) is 1. The van der Waals surface area contributed by atoms with Crippen LogP contribution in [0.4, 0.5) is 5.69 Å². The van der Waals surface area contributed by atoms with Crippen molar-refractivity contribution in [3.63, 3.8) is 0 Å². The first-order chi connectivity index (χ1) is 9.65. The minimum Gasteiger partial charge on any atom is -0.389 e. The highest BCUT2D eigenvalue weighted by Gasteiger charge is 2.31. The van der Waals surface area contributed by atoms with Crippen molar-refractivity contribution in [2.24, 2.45) is 5.73 Å². The fraction of sp³-hybridized carbons (Fsp3) is 0.267. The summed E-state index contributed by atoms with van der Waals surface area (Å²) in [6, 6.07) is 10.5. The first kappa shape index (κ1) is 13.9. The Balaban J connectivity index is 1.98. The fourth-order valence-corrected chi connectivity index (χ4v) is 3.36. The van der Waals surface area contributed by atoms with Crippen molar-refractivity contribution < 1.29 is 0 Å². The van der Waals surface area contributed by atoms with E-state index in [1.807, 2.05) is 18.2 Å². The summed E-state index contributed by atoms with van der Waals surface area (Å²) in [5, 5.41) is 2.82. The molecule has 0 aliphatic heterocycles. The smallest absolute Gasteiger partial charge is 0.106 e. The molecule has 0 spiro atoms. The summed E-state index contributed by atoms with van der Waals surface area (Å²) in [5.74, 6) is 0. The van der Waals surface area contributed by atoms with Crippen molar-refractivity contribution >= 4 is 45.8 Å². The van der Waals surface area contributed by atoms with Crippen molar-refractivity contribution in [2.45, 2.75) is 25.4 Å². The minimum atomic E-state index is 0.425. The van der Waals surface area contributed by atoms with Crippen LogP contribution in [0.3, 0.4) is 0 Å². The first-order valence-electron chi connectivity index (χ1n) is 6.53. The lowest BCUT2D eigenvalue weighted by Crippen LogP contribution is -2.27. The molecule has 20 heavy (non-hydrogen) atoms. The van der Waals surface area contributed by atoms with Crippen molar-refractivity contribution in [2.75, 3.05) is 4.90 Å². The summed E-state index contributed by atoms with van der Waals surface area (Å²) >= 11 is 13.1. The second-order valence-electron chi connectivity index (χ2n) is 4.96. The minimum absolute atomic E-state index is 0.425. The highest BCUT2D eigenvalue weighted by molar-refractivity contribution is 7.80. The normalized spacial score (nSPS) is 14.2. The third-order valence-electron chi connectivity index (χ3n) is 3.43. The predicted octanol–water partition coefficient (Wildman–Crippen LogP) is 4.20. The lowest BCUT2D eigenvalue weighted by Gasteiger charge is -2.26. The van der Waals surface area contributed by atoms with E-state index in [0.717, 1.165) is 22.8 Å². The predicted molar refractivity (Wildman–Crippen MR) is 90.9 cm³/mol. The van der Waals surface area contributed by atoms with Gasteiger partial charge in [-0.25, -0.2) is 0 Å². The van der Waals surface area contributed by atoms with E-state index in [1.165, 1.54) is 17.7 Å². The molecule has 1 heterocycles. The van der Waals surface area contributed by atoms with Crippen LogP contribution in [-0.4, -0.2) is 11.0 Å². The third-order valence-corrected chi connectivity index (χ3v) is 4.74. The number of halogens is 1. The summed E-state index contributed by atoms with van der Waals surface area (Å²) in [5.41, 5.74) is 7.83. The quantitative estimate of drug-likeness (QED) is 0.836. The van der Waals surface area contributed by atoms with Gasteiger partial charge in [-0.05, 0) is 42.5 Å². The molecule has 1 fully saturated rings. The first-order valence-corrected chi connectivity index (χ1v) is 8.20. The average molecular weight is 323 g/mol. The van der Waals surface area contributed by atoms with Crippen LogP contribution in [0, 0.1) is 0 Å². The molecule has 2 aromatic rings. The van der Waals surface area contributed by atoms with Crippen LogP contribution in [0.15, 0.2) is 35.7 Å². The van der Waals surface area contributed by atoms with Gasteiger partial charge in [0.25, 0.3) is 0 Å². The molecule has 1 aliphatic rings. The van der Waals surface area contributed by atoms with Crippen molar-refractivity contribution in [1.82, 2.24) is 0 Å². The molecule has 0 unspecified atom stereocenters. The molecule has 0 atom stereocenters. The lowest BCUT2D eigenvalue weighted by atomic mass is 10.1. The van der Waals surface area contributed by atoms with Gasteiger partial charge in [-0.2, -0.15) is 0 Å². The molecule has 3 rings (SSSR count). The molecular formula is C15H15ClN2S2. The molecule has 0 radical (unpaired) electrons. The maximum Gasteiger partial charge on any atom is 0.106 e. The zero-order valence-corrected chi connectivity index (χ0v) is 13.3. The highest BCUT2D eigenvalue weighted by Crippen LogP contribution is 2.36. The number of hydrogen-bond acceptors (Lipinski definition) is 3. The molecule has 104 valence electrons. The number of anilines is 1. The Morgan fingerprint density at radius 2 is 2.20 bits per heavy atom. The Labute approximate surface area is 133 Å². The van der Waals surface area contributed by atoms with E-state index in [1.54, 1.807) is 11.3 Å². The lowest BCUT2D eigenvalue weighted by molar-refractivity contribution is 0.803. The number of nitrogens with two attached hydrogens (primary N) is 1. The Kier molecular flexibility index (Phi) is 3.96. The Hall–Kier alpha value is -1.10. The van der Waals surface area contributed by atoms with E-state index in [2.05, 4.69) is 22.4 Å². The molecule has 2 N–H and O–H groups in total. The van der Waals surface area contributed by atoms with E-state index >= 15 is 0 Å². The van der Waals surface area contributed by atoms with Crippen LogP contribution >= 0.6 is 35.2 Å². The summed E-state index contributed by atoms with van der Waals surface area (Å²) in [6.07, 6.45) is 2.43. The average Bonchev–Trinajstić information content (AvgIpc) is 3.12. The van der Waals surface area contributed by atoms with E-state index in [0.29, 0.717) is 11.0 Å². The number of hydrogen-bond donors (Lipinski definition) is 1.